The normalized spacial score (nSPS) is 10.3. The molecule has 0 aliphatic rings. The molecule has 1 aromatic carbocycles. The van der Waals surface area contributed by atoms with Crippen LogP contribution in [-0.4, -0.2) is 21.4 Å². The van der Waals surface area contributed by atoms with Gasteiger partial charge in [-0.05, 0) is 42.5 Å². The molecular weight excluding hydrogens is 340 g/mol. The number of anilines is 2. The van der Waals surface area contributed by atoms with Gasteiger partial charge in [0.1, 0.15) is 5.82 Å². The molecular formula is C18H15ClN4O2. The number of carbonyl (C=O) groups excluding carboxylic acids is 2. The molecule has 2 heterocycles. The summed E-state index contributed by atoms with van der Waals surface area (Å²) in [6, 6.07) is 12.1. The Kier molecular flexibility index (Phi) is 4.81. The molecule has 25 heavy (non-hydrogen) atoms. The lowest BCUT2D eigenvalue weighted by Gasteiger charge is -2.10. The van der Waals surface area contributed by atoms with Gasteiger partial charge < -0.3 is 15.2 Å². The van der Waals surface area contributed by atoms with E-state index >= 15 is 0 Å². The van der Waals surface area contributed by atoms with Gasteiger partial charge in [0, 0.05) is 31.2 Å². The molecule has 0 atom stereocenters. The number of hydrogen-bond acceptors (Lipinski definition) is 3. The molecule has 7 heteroatoms. The van der Waals surface area contributed by atoms with Crippen LogP contribution in [-0.2, 0) is 4.79 Å². The van der Waals surface area contributed by atoms with Crippen LogP contribution in [0.3, 0.4) is 0 Å². The SMILES string of the molecule is CC(=O)Nc1ccc(NC(=O)c2ccc(-n3cccc3)nc2)c(Cl)c1. The van der Waals surface area contributed by atoms with Crippen molar-refractivity contribution < 1.29 is 9.59 Å². The van der Waals surface area contributed by atoms with E-state index in [0.717, 1.165) is 5.82 Å². The molecule has 2 amide bonds. The highest BCUT2D eigenvalue weighted by Crippen LogP contribution is 2.26. The zero-order chi connectivity index (χ0) is 17.8. The molecule has 2 N–H and O–H groups in total. The molecule has 0 saturated carbocycles. The van der Waals surface area contributed by atoms with Gasteiger partial charge in [-0.15, -0.1) is 0 Å². The summed E-state index contributed by atoms with van der Waals surface area (Å²) >= 11 is 6.15. The fourth-order valence-corrected chi connectivity index (χ4v) is 2.48. The maximum absolute atomic E-state index is 12.3. The monoisotopic (exact) mass is 354 g/mol. The molecule has 0 saturated heterocycles. The van der Waals surface area contributed by atoms with Crippen molar-refractivity contribution in [2.75, 3.05) is 10.6 Å². The minimum atomic E-state index is -0.319. The van der Waals surface area contributed by atoms with Crippen molar-refractivity contribution in [1.29, 1.82) is 0 Å². The van der Waals surface area contributed by atoms with Gasteiger partial charge >= 0.3 is 0 Å². The average molecular weight is 355 g/mol. The Morgan fingerprint density at radius 1 is 1.08 bits per heavy atom. The highest BCUT2D eigenvalue weighted by Gasteiger charge is 2.10. The molecule has 0 bridgehead atoms. The summed E-state index contributed by atoms with van der Waals surface area (Å²) in [5.74, 6) is 0.210. The summed E-state index contributed by atoms with van der Waals surface area (Å²) in [5, 5.41) is 5.69. The fraction of sp³-hybridized carbons (Fsp3) is 0.0556. The van der Waals surface area contributed by atoms with E-state index in [1.807, 2.05) is 29.1 Å². The number of pyridine rings is 1. The fourth-order valence-electron chi connectivity index (χ4n) is 2.25. The van der Waals surface area contributed by atoms with Crippen molar-refractivity contribution in [3.8, 4) is 5.82 Å². The van der Waals surface area contributed by atoms with Gasteiger partial charge in [0.2, 0.25) is 5.91 Å². The second kappa shape index (κ2) is 7.19. The van der Waals surface area contributed by atoms with E-state index in [2.05, 4.69) is 15.6 Å². The van der Waals surface area contributed by atoms with E-state index in [0.29, 0.717) is 22.0 Å². The first-order valence-electron chi connectivity index (χ1n) is 7.51. The average Bonchev–Trinajstić information content (AvgIpc) is 3.11. The molecule has 3 aromatic rings. The predicted octanol–water partition coefficient (Wildman–Crippen LogP) is 3.74. The van der Waals surface area contributed by atoms with E-state index < -0.39 is 0 Å². The van der Waals surface area contributed by atoms with Crippen molar-refractivity contribution in [2.45, 2.75) is 6.92 Å². The first-order chi connectivity index (χ1) is 12.0. The third kappa shape index (κ3) is 4.05. The van der Waals surface area contributed by atoms with Crippen LogP contribution in [0.1, 0.15) is 17.3 Å². The maximum atomic E-state index is 12.3. The number of nitrogens with zero attached hydrogens (tertiary/aromatic N) is 2. The van der Waals surface area contributed by atoms with Crippen LogP contribution >= 0.6 is 11.6 Å². The van der Waals surface area contributed by atoms with Gasteiger partial charge in [-0.25, -0.2) is 4.98 Å². The number of amides is 2. The predicted molar refractivity (Wildman–Crippen MR) is 97.3 cm³/mol. The molecule has 0 fully saturated rings. The molecule has 0 radical (unpaired) electrons. The van der Waals surface area contributed by atoms with Crippen molar-refractivity contribution in [1.82, 2.24) is 9.55 Å². The smallest absolute Gasteiger partial charge is 0.257 e. The van der Waals surface area contributed by atoms with Gasteiger partial charge in [0.25, 0.3) is 5.91 Å². The lowest BCUT2D eigenvalue weighted by atomic mass is 10.2. The Balaban J connectivity index is 1.72. The van der Waals surface area contributed by atoms with Crippen LogP contribution in [0.25, 0.3) is 5.82 Å². The molecule has 2 aromatic heterocycles. The Labute approximate surface area is 149 Å². The van der Waals surface area contributed by atoms with E-state index in [9.17, 15) is 9.59 Å². The zero-order valence-electron chi connectivity index (χ0n) is 13.4. The summed E-state index contributed by atoms with van der Waals surface area (Å²) in [5.41, 5.74) is 1.43. The van der Waals surface area contributed by atoms with E-state index in [-0.39, 0.29) is 11.8 Å². The van der Waals surface area contributed by atoms with Gasteiger partial charge in [0.15, 0.2) is 0 Å². The van der Waals surface area contributed by atoms with Crippen LogP contribution in [0.4, 0.5) is 11.4 Å². The maximum Gasteiger partial charge on any atom is 0.257 e. The van der Waals surface area contributed by atoms with Gasteiger partial charge in [-0.2, -0.15) is 0 Å². The van der Waals surface area contributed by atoms with Gasteiger partial charge in [-0.1, -0.05) is 11.6 Å². The standard InChI is InChI=1S/C18H15ClN4O2/c1-12(24)21-14-5-6-16(15(19)10-14)22-18(25)13-4-7-17(20-11-13)23-8-2-3-9-23/h2-11H,1H3,(H,21,24)(H,22,25). The summed E-state index contributed by atoms with van der Waals surface area (Å²) in [6.07, 6.45) is 5.25. The minimum absolute atomic E-state index is 0.193. The largest absolute Gasteiger partial charge is 0.326 e. The Morgan fingerprint density at radius 3 is 2.44 bits per heavy atom. The van der Waals surface area contributed by atoms with Gasteiger partial charge in [-0.3, -0.25) is 9.59 Å². The van der Waals surface area contributed by atoms with E-state index in [1.54, 1.807) is 30.3 Å². The van der Waals surface area contributed by atoms with Crippen LogP contribution < -0.4 is 10.6 Å². The molecule has 6 nitrogen and oxygen atoms in total. The van der Waals surface area contributed by atoms with Crippen LogP contribution in [0.15, 0.2) is 61.1 Å². The summed E-state index contributed by atoms with van der Waals surface area (Å²) in [7, 11) is 0. The van der Waals surface area contributed by atoms with E-state index in [4.69, 9.17) is 11.6 Å². The number of hydrogen-bond donors (Lipinski definition) is 2. The van der Waals surface area contributed by atoms with E-state index in [1.165, 1.54) is 13.1 Å². The second-order valence-corrected chi connectivity index (χ2v) is 5.73. The first-order valence-corrected chi connectivity index (χ1v) is 7.88. The number of rotatable bonds is 4. The zero-order valence-corrected chi connectivity index (χ0v) is 14.1. The number of carbonyl (C=O) groups is 2. The van der Waals surface area contributed by atoms with Crippen molar-refractivity contribution >= 4 is 34.8 Å². The Bertz CT molecular complexity index is 905. The number of nitrogens with one attached hydrogen (secondary N) is 2. The molecule has 126 valence electrons. The summed E-state index contributed by atoms with van der Waals surface area (Å²) in [6.45, 7) is 1.41. The Morgan fingerprint density at radius 2 is 1.84 bits per heavy atom. The van der Waals surface area contributed by atoms with Crippen molar-refractivity contribution in [3.63, 3.8) is 0 Å². The summed E-state index contributed by atoms with van der Waals surface area (Å²) in [4.78, 5) is 27.7. The second-order valence-electron chi connectivity index (χ2n) is 5.33. The lowest BCUT2D eigenvalue weighted by Crippen LogP contribution is -2.13. The molecule has 0 unspecified atom stereocenters. The minimum Gasteiger partial charge on any atom is -0.326 e. The third-order valence-corrected chi connectivity index (χ3v) is 3.73. The highest BCUT2D eigenvalue weighted by atomic mass is 35.5. The van der Waals surface area contributed by atoms with Crippen molar-refractivity contribution in [3.05, 3.63) is 71.6 Å². The number of benzene rings is 1. The quantitative estimate of drug-likeness (QED) is 0.749. The highest BCUT2D eigenvalue weighted by molar-refractivity contribution is 6.34. The molecule has 0 aliphatic carbocycles. The number of aromatic nitrogens is 2. The topological polar surface area (TPSA) is 76.0 Å². The third-order valence-electron chi connectivity index (χ3n) is 3.42. The van der Waals surface area contributed by atoms with Gasteiger partial charge in [0.05, 0.1) is 16.3 Å². The molecule has 0 aliphatic heterocycles. The first kappa shape index (κ1) is 16.7. The molecule has 0 spiro atoms. The summed E-state index contributed by atoms with van der Waals surface area (Å²) < 4.78 is 1.85. The van der Waals surface area contributed by atoms with Crippen LogP contribution in [0, 0.1) is 0 Å². The number of halogens is 1. The molecule has 3 rings (SSSR count). The van der Waals surface area contributed by atoms with Crippen molar-refractivity contribution in [2.24, 2.45) is 0 Å². The lowest BCUT2D eigenvalue weighted by molar-refractivity contribution is -0.114. The Hall–Kier alpha value is -3.12. The van der Waals surface area contributed by atoms with Crippen LogP contribution in [0.2, 0.25) is 5.02 Å². The van der Waals surface area contributed by atoms with Crippen LogP contribution in [0.5, 0.6) is 0 Å².